The smallest absolute Gasteiger partial charge is 0.468 e. The molecule has 3 rings (SSSR count). The van der Waals surface area contributed by atoms with Gasteiger partial charge in [-0.25, -0.2) is 9.38 Å². The lowest BCUT2D eigenvalue weighted by molar-refractivity contribution is 0.00578. The van der Waals surface area contributed by atoms with Crippen molar-refractivity contribution in [3.8, 4) is 6.01 Å². The van der Waals surface area contributed by atoms with Crippen molar-refractivity contribution in [2.75, 3.05) is 32.8 Å². The number of aliphatic imine (C=N–C) groups is 1. The molecule has 2 aliphatic heterocycles. The molecule has 0 bridgehead atoms. The van der Waals surface area contributed by atoms with Gasteiger partial charge in [-0.1, -0.05) is 6.92 Å². The van der Waals surface area contributed by atoms with Gasteiger partial charge in [-0.3, -0.25) is 4.57 Å². The number of ether oxygens (including phenoxy) is 3. The Morgan fingerprint density at radius 2 is 1.88 bits per heavy atom. The third-order valence-electron chi connectivity index (χ3n) is 6.49. The molecular weight excluding hydrogens is 444 g/mol. The molecule has 1 aromatic rings. The lowest BCUT2D eigenvalue weighted by atomic mass is 9.77. The van der Waals surface area contributed by atoms with Crippen LogP contribution in [0.4, 0.5) is 10.2 Å². The Morgan fingerprint density at radius 3 is 2.47 bits per heavy atom. The second-order valence-corrected chi connectivity index (χ2v) is 9.77. The molecule has 3 N–H and O–H groups in total. The summed E-state index contributed by atoms with van der Waals surface area (Å²) in [6, 6.07) is 0.354. The van der Waals surface area contributed by atoms with Crippen LogP contribution in [-0.4, -0.2) is 67.5 Å². The molecule has 1 aromatic heterocycles. The van der Waals surface area contributed by atoms with Crippen molar-refractivity contribution in [2.45, 2.75) is 72.1 Å². The number of nitrogens with one attached hydrogen (secondary N) is 1. The van der Waals surface area contributed by atoms with Gasteiger partial charge in [-0.15, -0.1) is 0 Å². The standard InChI is InChI=1S/C22H37BFN5O5/c1-13(11-15(24)14(2)23-33-21(3,4)22(5,6)34-23)12-29-18-16(26-20(29)31-8)17(25)27-19(28-18)32-10-9-30-7/h13,19,28H,9-12H2,1-8H3,(H2,25,27). The minimum Gasteiger partial charge on any atom is -0.468 e. The highest BCUT2D eigenvalue weighted by Crippen LogP contribution is 2.39. The maximum absolute atomic E-state index is 15.2. The minimum absolute atomic E-state index is 0.0978. The second-order valence-electron chi connectivity index (χ2n) is 9.77. The maximum atomic E-state index is 15.2. The van der Waals surface area contributed by atoms with Crippen LogP contribution in [0.2, 0.25) is 0 Å². The fourth-order valence-corrected chi connectivity index (χ4v) is 3.73. The van der Waals surface area contributed by atoms with Crippen LogP contribution in [0.5, 0.6) is 6.01 Å². The third kappa shape index (κ3) is 5.40. The number of anilines is 1. The van der Waals surface area contributed by atoms with Crippen molar-refractivity contribution in [1.82, 2.24) is 9.55 Å². The Bertz CT molecular complexity index is 932. The van der Waals surface area contributed by atoms with E-state index in [0.29, 0.717) is 42.8 Å². The summed E-state index contributed by atoms with van der Waals surface area (Å²) in [5.74, 6) is 0.502. The Balaban J connectivity index is 1.74. The van der Waals surface area contributed by atoms with E-state index in [0.717, 1.165) is 0 Å². The van der Waals surface area contributed by atoms with Gasteiger partial charge in [-0.2, -0.15) is 4.98 Å². The van der Waals surface area contributed by atoms with E-state index in [-0.39, 0.29) is 24.0 Å². The van der Waals surface area contributed by atoms with Crippen LogP contribution in [0, 0.1) is 5.92 Å². The summed E-state index contributed by atoms with van der Waals surface area (Å²) in [5, 5.41) is 3.18. The van der Waals surface area contributed by atoms with E-state index in [1.807, 2.05) is 39.2 Å². The minimum atomic E-state index is -0.713. The third-order valence-corrected chi connectivity index (χ3v) is 6.49. The molecule has 2 aliphatic rings. The molecule has 34 heavy (non-hydrogen) atoms. The van der Waals surface area contributed by atoms with Crippen LogP contribution in [0.1, 0.15) is 53.7 Å². The predicted octanol–water partition coefficient (Wildman–Crippen LogP) is 2.87. The highest BCUT2D eigenvalue weighted by atomic mass is 19.1. The van der Waals surface area contributed by atoms with Crippen molar-refractivity contribution >= 4 is 18.8 Å². The average Bonchev–Trinajstić information content (AvgIpc) is 3.20. The maximum Gasteiger partial charge on any atom is 0.492 e. The summed E-state index contributed by atoms with van der Waals surface area (Å²) < 4.78 is 45.2. The van der Waals surface area contributed by atoms with Gasteiger partial charge in [-0.05, 0) is 46.0 Å². The van der Waals surface area contributed by atoms with E-state index in [9.17, 15) is 0 Å². The van der Waals surface area contributed by atoms with E-state index in [1.165, 1.54) is 7.11 Å². The van der Waals surface area contributed by atoms with Crippen LogP contribution in [-0.2, 0) is 25.3 Å². The monoisotopic (exact) mass is 481 g/mol. The molecule has 0 amide bonds. The van der Waals surface area contributed by atoms with Crippen molar-refractivity contribution in [1.29, 1.82) is 0 Å². The summed E-state index contributed by atoms with van der Waals surface area (Å²) >= 11 is 0. The number of imidazole rings is 1. The van der Waals surface area contributed by atoms with Gasteiger partial charge < -0.3 is 34.6 Å². The summed E-state index contributed by atoms with van der Waals surface area (Å²) in [6.07, 6.45) is -0.482. The van der Waals surface area contributed by atoms with Gasteiger partial charge in [0.25, 0.3) is 6.01 Å². The fraction of sp³-hybridized carbons (Fsp3) is 0.727. The van der Waals surface area contributed by atoms with Crippen molar-refractivity contribution in [2.24, 2.45) is 16.6 Å². The van der Waals surface area contributed by atoms with Crippen LogP contribution >= 0.6 is 0 Å². The van der Waals surface area contributed by atoms with Crippen molar-refractivity contribution < 1.29 is 27.9 Å². The zero-order valence-electron chi connectivity index (χ0n) is 21.4. The summed E-state index contributed by atoms with van der Waals surface area (Å²) in [5.41, 5.74) is 5.99. The molecule has 2 atom stereocenters. The lowest BCUT2D eigenvalue weighted by Gasteiger charge is -2.32. The average molecular weight is 481 g/mol. The fourth-order valence-electron chi connectivity index (χ4n) is 3.73. The molecule has 0 spiro atoms. The zero-order chi connectivity index (χ0) is 25.3. The van der Waals surface area contributed by atoms with Crippen molar-refractivity contribution in [3.63, 3.8) is 0 Å². The number of fused-ring (bicyclic) bond motifs is 1. The Kier molecular flexibility index (Phi) is 7.96. The molecule has 190 valence electrons. The molecular formula is C22H37BFN5O5. The van der Waals surface area contributed by atoms with Gasteiger partial charge in [0.15, 0.2) is 11.5 Å². The topological polar surface area (TPSA) is 114 Å². The van der Waals surface area contributed by atoms with Crippen molar-refractivity contribution in [3.05, 3.63) is 17.0 Å². The lowest BCUT2D eigenvalue weighted by Crippen LogP contribution is -2.41. The van der Waals surface area contributed by atoms with E-state index >= 15 is 4.39 Å². The van der Waals surface area contributed by atoms with E-state index in [1.54, 1.807) is 14.0 Å². The summed E-state index contributed by atoms with van der Waals surface area (Å²) in [6.45, 7) is 12.7. The van der Waals surface area contributed by atoms with E-state index in [2.05, 4.69) is 15.3 Å². The molecule has 1 fully saturated rings. The SMILES string of the molecule is COCCOC1N=C(N)c2nc(OC)n(CC(C)CC(F)=C(C)B3OC(C)(C)C(C)(C)O3)c2N1. The van der Waals surface area contributed by atoms with Crippen LogP contribution in [0.25, 0.3) is 0 Å². The van der Waals surface area contributed by atoms with Gasteiger partial charge in [0.05, 0.1) is 37.4 Å². The molecule has 3 heterocycles. The highest BCUT2D eigenvalue weighted by molar-refractivity contribution is 6.54. The van der Waals surface area contributed by atoms with Gasteiger partial charge >= 0.3 is 7.12 Å². The second kappa shape index (κ2) is 10.2. The van der Waals surface area contributed by atoms with Crippen LogP contribution in [0.15, 0.2) is 16.3 Å². The van der Waals surface area contributed by atoms with E-state index < -0.39 is 24.7 Å². The molecule has 10 nitrogen and oxygen atoms in total. The molecule has 0 radical (unpaired) electrons. The Hall–Kier alpha value is -2.15. The Morgan fingerprint density at radius 1 is 1.24 bits per heavy atom. The first-order valence-corrected chi connectivity index (χ1v) is 11.5. The molecule has 1 saturated heterocycles. The quantitative estimate of drug-likeness (QED) is 0.388. The van der Waals surface area contributed by atoms with Gasteiger partial charge in [0, 0.05) is 20.1 Å². The molecule has 0 saturated carbocycles. The van der Waals surface area contributed by atoms with Crippen LogP contribution < -0.4 is 15.8 Å². The summed E-state index contributed by atoms with van der Waals surface area (Å²) in [4.78, 5) is 8.72. The number of rotatable bonds is 10. The van der Waals surface area contributed by atoms with Gasteiger partial charge in [0.2, 0.25) is 6.35 Å². The predicted molar refractivity (Wildman–Crippen MR) is 128 cm³/mol. The number of aromatic nitrogens is 2. The zero-order valence-corrected chi connectivity index (χ0v) is 21.4. The number of hydrogen-bond acceptors (Lipinski definition) is 9. The number of allylic oxidation sites excluding steroid dienone is 2. The van der Waals surface area contributed by atoms with E-state index in [4.69, 9.17) is 29.3 Å². The normalized spacial score (nSPS) is 22.6. The molecule has 0 aromatic carbocycles. The number of nitrogens with zero attached hydrogens (tertiary/aromatic N) is 3. The summed E-state index contributed by atoms with van der Waals surface area (Å²) in [7, 11) is 2.41. The first kappa shape index (κ1) is 26.5. The largest absolute Gasteiger partial charge is 0.492 e. The Labute approximate surface area is 201 Å². The highest BCUT2D eigenvalue weighted by Gasteiger charge is 2.52. The number of amidine groups is 1. The van der Waals surface area contributed by atoms with Gasteiger partial charge in [0.1, 0.15) is 5.82 Å². The molecule has 12 heteroatoms. The molecule has 0 aliphatic carbocycles. The number of methoxy groups -OCH3 is 2. The van der Waals surface area contributed by atoms with Crippen LogP contribution in [0.3, 0.4) is 0 Å². The molecule has 2 unspecified atom stereocenters. The number of halogens is 1. The number of hydrogen-bond donors (Lipinski definition) is 2. The first-order chi connectivity index (χ1) is 15.9. The number of nitrogens with two attached hydrogens (primary N) is 1. The first-order valence-electron chi connectivity index (χ1n) is 11.5.